The number of hydrogen-bond donors (Lipinski definition) is 2. The van der Waals surface area contributed by atoms with Crippen molar-refractivity contribution in [3.05, 3.63) is 83.2 Å². The van der Waals surface area contributed by atoms with E-state index in [9.17, 15) is 26.4 Å². The number of amides is 1. The molecule has 1 aromatic carbocycles. The second-order valence-corrected chi connectivity index (χ2v) is 13.9. The lowest BCUT2D eigenvalue weighted by Crippen LogP contribution is -2.61. The van der Waals surface area contributed by atoms with Gasteiger partial charge in [-0.15, -0.1) is 0 Å². The van der Waals surface area contributed by atoms with E-state index in [1.54, 1.807) is 4.31 Å². The van der Waals surface area contributed by atoms with Gasteiger partial charge in [0.05, 0.1) is 36.8 Å². The number of piperazine rings is 1. The third kappa shape index (κ3) is 6.70. The van der Waals surface area contributed by atoms with Crippen molar-refractivity contribution in [3.8, 4) is 0 Å². The van der Waals surface area contributed by atoms with Crippen LogP contribution in [-0.2, 0) is 26.2 Å². The Hall–Kier alpha value is -3.17. The summed E-state index contributed by atoms with van der Waals surface area (Å²) in [5.41, 5.74) is 0.141. The van der Waals surface area contributed by atoms with E-state index in [0.717, 1.165) is 12.3 Å². The van der Waals surface area contributed by atoms with Crippen molar-refractivity contribution in [1.29, 1.82) is 0 Å². The van der Waals surface area contributed by atoms with E-state index in [1.165, 1.54) is 40.8 Å². The molecule has 2 aromatic rings. The molecule has 2 N–H and O–H groups in total. The Bertz CT molecular complexity index is 1600. The van der Waals surface area contributed by atoms with E-state index in [-0.39, 0.29) is 56.1 Å². The van der Waals surface area contributed by atoms with Gasteiger partial charge in [-0.3, -0.25) is 9.78 Å². The summed E-state index contributed by atoms with van der Waals surface area (Å²) in [7, 11) is -3.77. The van der Waals surface area contributed by atoms with Crippen molar-refractivity contribution in [2.75, 3.05) is 51.3 Å². The standard InChI is InChI=1S/C31H35F4N5O4S/c32-23-3-1-20(2-4-23)26(21-11-24(33)14-25(34)12-21)15-30(41)38-29-18-37-17-28(35)27(29)13-22-16-31(22)19-36-5-6-40(31)45(42,43)39-7-9-44-10-8-39/h1-4,11,14,17-18,21-22,26,36H,5-10,12-13,15-16,19H2,(H,38,41)/t21?,22-,26+,31+/m1/s1. The van der Waals surface area contributed by atoms with Crippen molar-refractivity contribution in [1.82, 2.24) is 18.9 Å². The number of carbonyl (C=O) groups excluding carboxylic acids is 1. The van der Waals surface area contributed by atoms with Crippen LogP contribution in [0.15, 0.2) is 60.5 Å². The number of pyridine rings is 1. The van der Waals surface area contributed by atoms with E-state index in [0.29, 0.717) is 38.3 Å². The molecular weight excluding hydrogens is 614 g/mol. The molecule has 1 saturated carbocycles. The molecule has 0 bridgehead atoms. The number of anilines is 1. The summed E-state index contributed by atoms with van der Waals surface area (Å²) in [6.07, 6.45) is 4.77. The molecule has 242 valence electrons. The summed E-state index contributed by atoms with van der Waals surface area (Å²) < 4.78 is 92.9. The van der Waals surface area contributed by atoms with Crippen molar-refractivity contribution in [3.63, 3.8) is 0 Å². The molecule has 1 amide bonds. The van der Waals surface area contributed by atoms with Crippen molar-refractivity contribution in [2.24, 2.45) is 11.8 Å². The maximum absolute atomic E-state index is 15.3. The predicted molar refractivity (Wildman–Crippen MR) is 159 cm³/mol. The van der Waals surface area contributed by atoms with Crippen LogP contribution in [0.5, 0.6) is 0 Å². The fraction of sp³-hybridized carbons (Fsp3) is 0.484. The van der Waals surface area contributed by atoms with Crippen LogP contribution >= 0.6 is 0 Å². The molecule has 9 nitrogen and oxygen atoms in total. The number of nitrogens with one attached hydrogen (secondary N) is 2. The average molecular weight is 650 g/mol. The minimum atomic E-state index is -3.77. The minimum Gasteiger partial charge on any atom is -0.379 e. The van der Waals surface area contributed by atoms with Crippen LogP contribution in [-0.4, -0.2) is 79.4 Å². The zero-order valence-electron chi connectivity index (χ0n) is 24.5. The Balaban J connectivity index is 1.20. The van der Waals surface area contributed by atoms with Gasteiger partial charge in [0.1, 0.15) is 23.3 Å². The molecule has 3 fully saturated rings. The second kappa shape index (κ2) is 12.9. The van der Waals surface area contributed by atoms with Crippen LogP contribution in [0.2, 0.25) is 0 Å². The summed E-state index contributed by atoms with van der Waals surface area (Å²) in [5.74, 6) is -4.70. The highest BCUT2D eigenvalue weighted by Crippen LogP contribution is 2.53. The highest BCUT2D eigenvalue weighted by Gasteiger charge is 2.62. The SMILES string of the molecule is O=C(C[C@@H](c1ccc(F)cc1)C1C=C(F)C=C(F)C1)Nc1cncc(F)c1C[C@@H]1C[C@]12CNCCN2S(=O)(=O)N1CCOCC1. The van der Waals surface area contributed by atoms with Gasteiger partial charge in [-0.05, 0) is 54.4 Å². The van der Waals surface area contributed by atoms with Gasteiger partial charge >= 0.3 is 0 Å². The molecule has 2 aliphatic heterocycles. The van der Waals surface area contributed by atoms with Crippen LogP contribution in [0.25, 0.3) is 0 Å². The molecule has 14 heteroatoms. The number of ether oxygens (including phenoxy) is 1. The van der Waals surface area contributed by atoms with Crippen LogP contribution in [0.1, 0.15) is 36.3 Å². The Morgan fingerprint density at radius 2 is 1.87 bits per heavy atom. The fourth-order valence-corrected chi connectivity index (χ4v) is 8.82. The van der Waals surface area contributed by atoms with Gasteiger partial charge in [-0.2, -0.15) is 17.0 Å². The van der Waals surface area contributed by atoms with Crippen LogP contribution < -0.4 is 10.6 Å². The minimum absolute atomic E-state index is 0.128. The quantitative estimate of drug-likeness (QED) is 0.399. The predicted octanol–water partition coefficient (Wildman–Crippen LogP) is 3.98. The molecule has 1 aromatic heterocycles. The van der Waals surface area contributed by atoms with Crippen LogP contribution in [0, 0.1) is 23.5 Å². The molecule has 3 heterocycles. The molecule has 4 aliphatic rings. The Kier molecular flexibility index (Phi) is 9.12. The molecular formula is C31H35F4N5O4S. The van der Waals surface area contributed by atoms with Crippen LogP contribution in [0.3, 0.4) is 0 Å². The van der Waals surface area contributed by atoms with Gasteiger partial charge in [0.2, 0.25) is 5.91 Å². The number of aromatic nitrogens is 1. The number of nitrogens with zero attached hydrogens (tertiary/aromatic N) is 3. The molecule has 2 aliphatic carbocycles. The number of halogens is 4. The maximum atomic E-state index is 15.3. The van der Waals surface area contributed by atoms with E-state index in [4.69, 9.17) is 4.74 Å². The zero-order chi connectivity index (χ0) is 31.8. The van der Waals surface area contributed by atoms with Gasteiger partial charge in [-0.1, -0.05) is 12.1 Å². The van der Waals surface area contributed by atoms with Crippen molar-refractivity contribution >= 4 is 21.8 Å². The molecule has 1 unspecified atom stereocenters. The van der Waals surface area contributed by atoms with Crippen molar-refractivity contribution in [2.45, 2.75) is 37.1 Å². The highest BCUT2D eigenvalue weighted by molar-refractivity contribution is 7.86. The average Bonchev–Trinajstić information content (AvgIpc) is 3.69. The Morgan fingerprint density at radius 1 is 1.11 bits per heavy atom. The first-order valence-electron chi connectivity index (χ1n) is 15.0. The number of morpholine rings is 1. The van der Waals surface area contributed by atoms with Crippen LogP contribution in [0.4, 0.5) is 23.2 Å². The molecule has 4 atom stereocenters. The number of allylic oxidation sites excluding steroid dienone is 4. The lowest BCUT2D eigenvalue weighted by atomic mass is 9.79. The smallest absolute Gasteiger partial charge is 0.282 e. The third-order valence-electron chi connectivity index (χ3n) is 9.24. The van der Waals surface area contributed by atoms with E-state index >= 15 is 4.39 Å². The first-order chi connectivity index (χ1) is 21.6. The largest absolute Gasteiger partial charge is 0.379 e. The summed E-state index contributed by atoms with van der Waals surface area (Å²) in [4.78, 5) is 17.3. The highest BCUT2D eigenvalue weighted by atomic mass is 32.2. The molecule has 1 spiro atoms. The van der Waals surface area contributed by atoms with Gasteiger partial charge in [0.15, 0.2) is 0 Å². The second-order valence-electron chi connectivity index (χ2n) is 12.0. The van der Waals surface area contributed by atoms with Gasteiger partial charge < -0.3 is 15.4 Å². The summed E-state index contributed by atoms with van der Waals surface area (Å²) >= 11 is 0. The maximum Gasteiger partial charge on any atom is 0.282 e. The summed E-state index contributed by atoms with van der Waals surface area (Å²) in [6.45, 7) is 2.40. The number of benzene rings is 1. The van der Waals surface area contributed by atoms with Crippen molar-refractivity contribution < 1.29 is 35.5 Å². The number of hydrogen-bond acceptors (Lipinski definition) is 6. The zero-order valence-corrected chi connectivity index (χ0v) is 25.3. The van der Waals surface area contributed by atoms with E-state index in [2.05, 4.69) is 15.6 Å². The number of carbonyl (C=O) groups is 1. The first kappa shape index (κ1) is 31.8. The summed E-state index contributed by atoms with van der Waals surface area (Å²) in [5, 5.41) is 6.02. The molecule has 6 rings (SSSR count). The van der Waals surface area contributed by atoms with E-state index in [1.807, 2.05) is 0 Å². The summed E-state index contributed by atoms with van der Waals surface area (Å²) in [6, 6.07) is 5.40. The lowest BCUT2D eigenvalue weighted by Gasteiger charge is -2.40. The third-order valence-corrected chi connectivity index (χ3v) is 11.4. The normalized spacial score (nSPS) is 26.7. The Morgan fingerprint density at radius 3 is 2.60 bits per heavy atom. The first-order valence-corrected chi connectivity index (χ1v) is 16.4. The fourth-order valence-electron chi connectivity index (χ4n) is 6.86. The molecule has 45 heavy (non-hydrogen) atoms. The van der Waals surface area contributed by atoms with Gasteiger partial charge in [0, 0.05) is 57.2 Å². The Labute approximate surface area is 259 Å². The topological polar surface area (TPSA) is 104 Å². The molecule has 0 radical (unpaired) electrons. The van der Waals surface area contributed by atoms with E-state index < -0.39 is 56.8 Å². The van der Waals surface area contributed by atoms with Gasteiger partial charge in [-0.25, -0.2) is 17.6 Å². The van der Waals surface area contributed by atoms with Gasteiger partial charge in [0.25, 0.3) is 10.2 Å². The monoisotopic (exact) mass is 649 g/mol. The molecule has 2 saturated heterocycles. The lowest BCUT2D eigenvalue weighted by molar-refractivity contribution is -0.116. The number of rotatable bonds is 9.